The van der Waals surface area contributed by atoms with Crippen LogP contribution in [0, 0.1) is 0 Å². The first kappa shape index (κ1) is 21.1. The summed E-state index contributed by atoms with van der Waals surface area (Å²) in [5.41, 5.74) is 0.229. The summed E-state index contributed by atoms with van der Waals surface area (Å²) in [5, 5.41) is 9.64. The average molecular weight is 429 g/mol. The fourth-order valence-electron chi connectivity index (χ4n) is 2.80. The SMILES string of the molecule is CCSSCOC1C[C@H](n2cnc3c(=O)[nH]c(N=CN(C)C)nc32)O[C@@H]1CO. The summed E-state index contributed by atoms with van der Waals surface area (Å²) in [6, 6.07) is 0. The van der Waals surface area contributed by atoms with E-state index in [0.717, 1.165) is 5.75 Å². The molecule has 1 unspecified atom stereocenters. The highest BCUT2D eigenvalue weighted by molar-refractivity contribution is 8.76. The second kappa shape index (κ2) is 9.74. The van der Waals surface area contributed by atoms with Crippen molar-refractivity contribution in [2.45, 2.75) is 31.8 Å². The molecule has 1 saturated heterocycles. The van der Waals surface area contributed by atoms with Crippen LogP contribution < -0.4 is 5.56 Å². The average Bonchev–Trinajstić information content (AvgIpc) is 3.27. The number of nitrogens with zero attached hydrogens (tertiary/aromatic N) is 5. The van der Waals surface area contributed by atoms with E-state index in [2.05, 4.69) is 26.9 Å². The summed E-state index contributed by atoms with van der Waals surface area (Å²) in [6.07, 6.45) is 2.48. The van der Waals surface area contributed by atoms with Crippen LogP contribution in [0.1, 0.15) is 19.6 Å². The van der Waals surface area contributed by atoms with Crippen LogP contribution in [0.4, 0.5) is 5.95 Å². The monoisotopic (exact) mass is 428 g/mol. The third-order valence-electron chi connectivity index (χ3n) is 4.03. The van der Waals surface area contributed by atoms with Crippen LogP contribution in [-0.2, 0) is 9.47 Å². The van der Waals surface area contributed by atoms with Gasteiger partial charge in [-0.05, 0) is 0 Å². The van der Waals surface area contributed by atoms with E-state index in [1.807, 2.05) is 14.1 Å². The molecular weight excluding hydrogens is 404 g/mol. The van der Waals surface area contributed by atoms with Gasteiger partial charge in [-0.2, -0.15) is 4.98 Å². The van der Waals surface area contributed by atoms with Crippen molar-refractivity contribution in [3.05, 3.63) is 16.7 Å². The largest absolute Gasteiger partial charge is 0.394 e. The lowest BCUT2D eigenvalue weighted by atomic mass is 10.2. The van der Waals surface area contributed by atoms with Crippen molar-refractivity contribution in [2.75, 3.05) is 32.4 Å². The Morgan fingerprint density at radius 1 is 1.54 bits per heavy atom. The molecule has 0 spiro atoms. The number of fused-ring (bicyclic) bond motifs is 1. The normalized spacial score (nSPS) is 22.5. The van der Waals surface area contributed by atoms with Gasteiger partial charge in [0.05, 0.1) is 25.4 Å². The molecule has 0 amide bonds. The van der Waals surface area contributed by atoms with E-state index in [1.165, 1.54) is 6.33 Å². The van der Waals surface area contributed by atoms with Gasteiger partial charge in [0.25, 0.3) is 5.56 Å². The molecule has 3 rings (SSSR count). The maximum Gasteiger partial charge on any atom is 0.280 e. The van der Waals surface area contributed by atoms with Crippen LogP contribution in [-0.4, -0.2) is 80.5 Å². The summed E-state index contributed by atoms with van der Waals surface area (Å²) in [4.78, 5) is 29.4. The van der Waals surface area contributed by atoms with Gasteiger partial charge in [0, 0.05) is 26.3 Å². The van der Waals surface area contributed by atoms with E-state index in [1.54, 1.807) is 37.4 Å². The van der Waals surface area contributed by atoms with Gasteiger partial charge >= 0.3 is 0 Å². The number of ether oxygens (including phenoxy) is 2. The van der Waals surface area contributed by atoms with E-state index in [9.17, 15) is 9.90 Å². The van der Waals surface area contributed by atoms with Gasteiger partial charge in [0.1, 0.15) is 18.3 Å². The summed E-state index contributed by atoms with van der Waals surface area (Å²) < 4.78 is 13.5. The highest BCUT2D eigenvalue weighted by Gasteiger charge is 2.37. The van der Waals surface area contributed by atoms with Crippen molar-refractivity contribution in [3.8, 4) is 0 Å². The highest BCUT2D eigenvalue weighted by atomic mass is 33.1. The molecule has 154 valence electrons. The zero-order valence-electron chi connectivity index (χ0n) is 15.9. The molecule has 3 atom stereocenters. The number of aromatic amines is 1. The van der Waals surface area contributed by atoms with Crippen LogP contribution in [0.15, 0.2) is 16.1 Å². The van der Waals surface area contributed by atoms with Crippen LogP contribution in [0.3, 0.4) is 0 Å². The minimum Gasteiger partial charge on any atom is -0.394 e. The van der Waals surface area contributed by atoms with Crippen LogP contribution in [0.25, 0.3) is 11.2 Å². The van der Waals surface area contributed by atoms with E-state index in [-0.39, 0.29) is 29.7 Å². The molecule has 1 fully saturated rings. The van der Waals surface area contributed by atoms with Crippen LogP contribution in [0.2, 0.25) is 0 Å². The number of aliphatic hydroxyl groups excluding tert-OH is 1. The lowest BCUT2D eigenvalue weighted by molar-refractivity contribution is -0.0532. The van der Waals surface area contributed by atoms with Crippen LogP contribution >= 0.6 is 21.6 Å². The molecule has 0 saturated carbocycles. The Labute approximate surface area is 170 Å². The lowest BCUT2D eigenvalue weighted by Gasteiger charge is -2.15. The minimum absolute atomic E-state index is 0.147. The Morgan fingerprint density at radius 2 is 2.36 bits per heavy atom. The fraction of sp³-hybridized carbons (Fsp3) is 0.625. The van der Waals surface area contributed by atoms with E-state index < -0.39 is 12.3 Å². The van der Waals surface area contributed by atoms with Crippen molar-refractivity contribution in [1.29, 1.82) is 0 Å². The van der Waals surface area contributed by atoms with Gasteiger partial charge in [0.15, 0.2) is 11.2 Å². The first-order valence-corrected chi connectivity index (χ1v) is 11.3. The van der Waals surface area contributed by atoms with Crippen LogP contribution in [0.5, 0.6) is 0 Å². The topological polar surface area (TPSA) is 118 Å². The van der Waals surface area contributed by atoms with Crippen molar-refractivity contribution in [3.63, 3.8) is 0 Å². The Morgan fingerprint density at radius 3 is 3.07 bits per heavy atom. The fourth-order valence-corrected chi connectivity index (χ4v) is 4.14. The van der Waals surface area contributed by atoms with Gasteiger partial charge in [-0.15, -0.1) is 0 Å². The summed E-state index contributed by atoms with van der Waals surface area (Å²) in [5.74, 6) is 1.70. The number of aliphatic imine (C=N–C) groups is 1. The summed E-state index contributed by atoms with van der Waals surface area (Å²) >= 11 is 0. The lowest BCUT2D eigenvalue weighted by Crippen LogP contribution is -2.27. The third kappa shape index (κ3) is 4.87. The minimum atomic E-state index is -0.442. The van der Waals surface area contributed by atoms with Gasteiger partial charge < -0.3 is 19.5 Å². The molecule has 3 heterocycles. The van der Waals surface area contributed by atoms with Gasteiger partial charge in [-0.3, -0.25) is 14.3 Å². The van der Waals surface area contributed by atoms with Crippen molar-refractivity contribution in [2.24, 2.45) is 4.99 Å². The van der Waals surface area contributed by atoms with Gasteiger partial charge in [0.2, 0.25) is 5.95 Å². The quantitative estimate of drug-likeness (QED) is 0.201. The van der Waals surface area contributed by atoms with Crippen molar-refractivity contribution in [1.82, 2.24) is 24.4 Å². The van der Waals surface area contributed by atoms with Gasteiger partial charge in [-0.25, -0.2) is 9.98 Å². The molecule has 0 aliphatic carbocycles. The predicted octanol–water partition coefficient (Wildman–Crippen LogP) is 1.36. The maximum absolute atomic E-state index is 12.3. The third-order valence-corrected chi connectivity index (χ3v) is 6.16. The highest BCUT2D eigenvalue weighted by Crippen LogP contribution is 2.33. The Balaban J connectivity index is 1.81. The number of nitrogens with one attached hydrogen (secondary N) is 1. The number of imidazole rings is 1. The molecular formula is C16H24N6O4S2. The first-order chi connectivity index (χ1) is 13.5. The number of aliphatic hydroxyl groups is 1. The summed E-state index contributed by atoms with van der Waals surface area (Å²) in [6.45, 7) is 1.93. The molecule has 28 heavy (non-hydrogen) atoms. The first-order valence-electron chi connectivity index (χ1n) is 8.83. The van der Waals surface area contributed by atoms with Crippen molar-refractivity contribution >= 4 is 45.0 Å². The Kier molecular flexibility index (Phi) is 7.35. The smallest absolute Gasteiger partial charge is 0.280 e. The predicted molar refractivity (Wildman–Crippen MR) is 111 cm³/mol. The zero-order valence-corrected chi connectivity index (χ0v) is 17.6. The molecule has 2 aromatic heterocycles. The molecule has 0 aromatic carbocycles. The molecule has 12 heteroatoms. The number of aromatic nitrogens is 4. The second-order valence-corrected chi connectivity index (χ2v) is 9.02. The van der Waals surface area contributed by atoms with E-state index >= 15 is 0 Å². The number of hydrogen-bond donors (Lipinski definition) is 2. The molecule has 0 radical (unpaired) electrons. The standard InChI is InChI=1S/C16H24N6O4S2/c1-4-27-28-9-25-10-5-12(26-11(10)6-23)22-8-17-13-14(22)19-16(20-15(13)24)18-7-21(2)3/h7-8,10-12,23H,4-6,9H2,1-3H3,(H,19,20,24)/t10?,11-,12-/m1/s1. The van der Waals surface area contributed by atoms with E-state index in [0.29, 0.717) is 18.0 Å². The molecule has 1 aliphatic heterocycles. The zero-order chi connectivity index (χ0) is 20.1. The number of hydrogen-bond acceptors (Lipinski definition) is 9. The molecule has 2 aromatic rings. The molecule has 10 nitrogen and oxygen atoms in total. The molecule has 0 bridgehead atoms. The Bertz CT molecular complexity index is 870. The number of H-pyrrole nitrogens is 1. The summed E-state index contributed by atoms with van der Waals surface area (Å²) in [7, 11) is 6.99. The maximum atomic E-state index is 12.3. The number of rotatable bonds is 9. The molecule has 2 N–H and O–H groups in total. The molecule has 1 aliphatic rings. The van der Waals surface area contributed by atoms with Gasteiger partial charge in [-0.1, -0.05) is 28.5 Å². The van der Waals surface area contributed by atoms with E-state index in [4.69, 9.17) is 9.47 Å². The second-order valence-electron chi connectivity index (χ2n) is 6.32. The van der Waals surface area contributed by atoms with Crippen molar-refractivity contribution < 1.29 is 14.6 Å². The Hall–Kier alpha value is -1.60.